The first kappa shape index (κ1) is 12.4. The van der Waals surface area contributed by atoms with Gasteiger partial charge in [-0.1, -0.05) is 23.7 Å². The highest BCUT2D eigenvalue weighted by atomic mass is 35.5. The second-order valence-electron chi connectivity index (χ2n) is 3.99. The Balaban J connectivity index is 2.08. The van der Waals surface area contributed by atoms with Crippen LogP contribution in [-0.4, -0.2) is 28.1 Å². The number of carbonyl (C=O) groups excluding carboxylic acids is 1. The number of aromatic amines is 1. The average molecular weight is 265 g/mol. The number of nitrogens with two attached hydrogens (primary N) is 1. The number of halogens is 1. The molecule has 6 heteroatoms. The van der Waals surface area contributed by atoms with Crippen LogP contribution in [0.4, 0.5) is 5.82 Å². The maximum atomic E-state index is 12.1. The van der Waals surface area contributed by atoms with Crippen LogP contribution in [0.1, 0.15) is 15.9 Å². The Hall–Kier alpha value is -2.01. The molecule has 3 N–H and O–H groups in total. The highest BCUT2D eigenvalue weighted by molar-refractivity contribution is 6.30. The van der Waals surface area contributed by atoms with Crippen molar-refractivity contribution in [3.63, 3.8) is 0 Å². The van der Waals surface area contributed by atoms with Crippen molar-refractivity contribution in [1.29, 1.82) is 0 Å². The van der Waals surface area contributed by atoms with E-state index < -0.39 is 0 Å². The molecule has 94 valence electrons. The fourth-order valence-corrected chi connectivity index (χ4v) is 1.73. The Morgan fingerprint density at radius 2 is 2.11 bits per heavy atom. The number of rotatable bonds is 3. The summed E-state index contributed by atoms with van der Waals surface area (Å²) in [5, 5.41) is 6.94. The van der Waals surface area contributed by atoms with Crippen molar-refractivity contribution in [3.8, 4) is 0 Å². The Labute approximate surface area is 110 Å². The zero-order chi connectivity index (χ0) is 13.1. The zero-order valence-electron chi connectivity index (χ0n) is 9.85. The maximum absolute atomic E-state index is 12.1. The van der Waals surface area contributed by atoms with Crippen LogP contribution in [-0.2, 0) is 6.54 Å². The summed E-state index contributed by atoms with van der Waals surface area (Å²) >= 11 is 5.80. The van der Waals surface area contributed by atoms with Gasteiger partial charge in [0.1, 0.15) is 11.4 Å². The average Bonchev–Trinajstić information content (AvgIpc) is 2.77. The molecule has 1 amide bonds. The van der Waals surface area contributed by atoms with E-state index >= 15 is 0 Å². The second-order valence-corrected chi connectivity index (χ2v) is 4.42. The van der Waals surface area contributed by atoms with E-state index in [-0.39, 0.29) is 11.7 Å². The molecule has 0 spiro atoms. The zero-order valence-corrected chi connectivity index (χ0v) is 10.6. The lowest BCUT2D eigenvalue weighted by Gasteiger charge is -2.16. The van der Waals surface area contributed by atoms with E-state index in [1.165, 1.54) is 6.20 Å². The van der Waals surface area contributed by atoms with E-state index in [0.29, 0.717) is 17.1 Å². The van der Waals surface area contributed by atoms with E-state index in [4.69, 9.17) is 17.3 Å². The number of nitrogen functional groups attached to an aromatic ring is 1. The fraction of sp³-hybridized carbons (Fsp3) is 0.167. The van der Waals surface area contributed by atoms with Gasteiger partial charge in [-0.15, -0.1) is 0 Å². The third kappa shape index (κ3) is 2.62. The predicted octanol–water partition coefficient (Wildman–Crippen LogP) is 1.92. The number of nitrogens with one attached hydrogen (secondary N) is 1. The number of anilines is 1. The summed E-state index contributed by atoms with van der Waals surface area (Å²) in [5.41, 5.74) is 6.99. The van der Waals surface area contributed by atoms with Gasteiger partial charge in [0.15, 0.2) is 0 Å². The predicted molar refractivity (Wildman–Crippen MR) is 70.2 cm³/mol. The minimum Gasteiger partial charge on any atom is -0.383 e. The number of benzene rings is 1. The molecule has 1 aromatic carbocycles. The molecule has 1 heterocycles. The number of hydrogen-bond acceptors (Lipinski definition) is 3. The fourth-order valence-electron chi connectivity index (χ4n) is 1.61. The highest BCUT2D eigenvalue weighted by Gasteiger charge is 2.16. The van der Waals surface area contributed by atoms with Crippen molar-refractivity contribution >= 4 is 23.3 Å². The molecule has 1 aromatic heterocycles. The van der Waals surface area contributed by atoms with Gasteiger partial charge in [0.2, 0.25) is 0 Å². The first-order valence-electron chi connectivity index (χ1n) is 5.36. The van der Waals surface area contributed by atoms with Crippen molar-refractivity contribution in [2.24, 2.45) is 0 Å². The Morgan fingerprint density at radius 1 is 1.44 bits per heavy atom. The van der Waals surface area contributed by atoms with Crippen LogP contribution >= 0.6 is 11.6 Å². The highest BCUT2D eigenvalue weighted by Crippen LogP contribution is 2.14. The van der Waals surface area contributed by atoms with E-state index in [1.807, 2.05) is 12.1 Å². The van der Waals surface area contributed by atoms with Gasteiger partial charge >= 0.3 is 0 Å². The summed E-state index contributed by atoms with van der Waals surface area (Å²) in [4.78, 5) is 13.6. The minimum absolute atomic E-state index is 0.170. The Kier molecular flexibility index (Phi) is 3.53. The van der Waals surface area contributed by atoms with E-state index in [2.05, 4.69) is 10.2 Å². The number of amides is 1. The summed E-state index contributed by atoms with van der Waals surface area (Å²) in [5.74, 6) is 0.110. The lowest BCUT2D eigenvalue weighted by atomic mass is 10.2. The van der Waals surface area contributed by atoms with Crippen molar-refractivity contribution in [2.45, 2.75) is 6.54 Å². The van der Waals surface area contributed by atoms with Gasteiger partial charge in [-0.3, -0.25) is 9.89 Å². The smallest absolute Gasteiger partial charge is 0.259 e. The molecule has 0 unspecified atom stereocenters. The van der Waals surface area contributed by atoms with Gasteiger partial charge in [-0.25, -0.2) is 0 Å². The van der Waals surface area contributed by atoms with Crippen LogP contribution in [0.15, 0.2) is 30.5 Å². The SMILES string of the molecule is CN(Cc1ccc(Cl)cc1)C(=O)c1cn[nH]c1N. The first-order chi connectivity index (χ1) is 8.58. The van der Waals surface area contributed by atoms with Crippen molar-refractivity contribution in [3.05, 3.63) is 46.6 Å². The molecular formula is C12H13ClN4O. The lowest BCUT2D eigenvalue weighted by Crippen LogP contribution is -2.26. The monoisotopic (exact) mass is 264 g/mol. The number of aromatic nitrogens is 2. The Bertz CT molecular complexity index is 549. The minimum atomic E-state index is -0.170. The molecule has 0 saturated carbocycles. The molecule has 0 radical (unpaired) electrons. The molecule has 2 rings (SSSR count). The molecular weight excluding hydrogens is 252 g/mol. The summed E-state index contributed by atoms with van der Waals surface area (Å²) in [7, 11) is 1.71. The molecule has 0 saturated heterocycles. The molecule has 5 nitrogen and oxygen atoms in total. The second kappa shape index (κ2) is 5.10. The summed E-state index contributed by atoms with van der Waals surface area (Å²) < 4.78 is 0. The van der Waals surface area contributed by atoms with Crippen molar-refractivity contribution < 1.29 is 4.79 Å². The number of carbonyl (C=O) groups is 1. The molecule has 0 atom stereocenters. The standard InChI is InChI=1S/C12H13ClN4O/c1-17(7-8-2-4-9(13)5-3-8)12(18)10-6-15-16-11(10)14/h2-6H,7H2,1H3,(H3,14,15,16). The van der Waals surface area contributed by atoms with Crippen molar-refractivity contribution in [1.82, 2.24) is 15.1 Å². The van der Waals surface area contributed by atoms with Crippen LogP contribution in [0, 0.1) is 0 Å². The third-order valence-electron chi connectivity index (χ3n) is 2.58. The van der Waals surface area contributed by atoms with Crippen LogP contribution < -0.4 is 5.73 Å². The molecule has 0 aliphatic carbocycles. The van der Waals surface area contributed by atoms with Crippen LogP contribution in [0.25, 0.3) is 0 Å². The third-order valence-corrected chi connectivity index (χ3v) is 2.83. The molecule has 2 aromatic rings. The molecule has 0 bridgehead atoms. The first-order valence-corrected chi connectivity index (χ1v) is 5.74. The summed E-state index contributed by atoms with van der Waals surface area (Å²) in [6.07, 6.45) is 1.43. The Morgan fingerprint density at radius 3 is 2.67 bits per heavy atom. The van der Waals surface area contributed by atoms with Gasteiger partial charge in [0, 0.05) is 18.6 Å². The van der Waals surface area contributed by atoms with E-state index in [1.54, 1.807) is 24.1 Å². The summed E-state index contributed by atoms with van der Waals surface area (Å²) in [6, 6.07) is 7.35. The van der Waals surface area contributed by atoms with Gasteiger partial charge in [0.25, 0.3) is 5.91 Å². The van der Waals surface area contributed by atoms with Crippen LogP contribution in [0.5, 0.6) is 0 Å². The number of hydrogen-bond donors (Lipinski definition) is 2. The number of nitrogens with zero attached hydrogens (tertiary/aromatic N) is 2. The van der Waals surface area contributed by atoms with Crippen molar-refractivity contribution in [2.75, 3.05) is 12.8 Å². The normalized spacial score (nSPS) is 10.3. The quantitative estimate of drug-likeness (QED) is 0.889. The van der Waals surface area contributed by atoms with Gasteiger partial charge in [0.05, 0.1) is 6.20 Å². The van der Waals surface area contributed by atoms with Gasteiger partial charge < -0.3 is 10.6 Å². The molecule has 0 fully saturated rings. The molecule has 0 aliphatic heterocycles. The van der Waals surface area contributed by atoms with E-state index in [0.717, 1.165) is 5.56 Å². The van der Waals surface area contributed by atoms with E-state index in [9.17, 15) is 4.79 Å². The molecule has 0 aliphatic rings. The number of H-pyrrole nitrogens is 1. The molecule has 18 heavy (non-hydrogen) atoms. The topological polar surface area (TPSA) is 75.0 Å². The largest absolute Gasteiger partial charge is 0.383 e. The lowest BCUT2D eigenvalue weighted by molar-refractivity contribution is 0.0786. The van der Waals surface area contributed by atoms with Crippen LogP contribution in [0.3, 0.4) is 0 Å². The van der Waals surface area contributed by atoms with Gasteiger partial charge in [-0.05, 0) is 17.7 Å². The maximum Gasteiger partial charge on any atom is 0.259 e. The van der Waals surface area contributed by atoms with Crippen LogP contribution in [0.2, 0.25) is 5.02 Å². The summed E-state index contributed by atoms with van der Waals surface area (Å²) in [6.45, 7) is 0.487. The van der Waals surface area contributed by atoms with Gasteiger partial charge in [-0.2, -0.15) is 5.10 Å².